The zero-order valence-electron chi connectivity index (χ0n) is 14.0. The lowest BCUT2D eigenvalue weighted by Crippen LogP contribution is -2.37. The molecule has 0 spiro atoms. The molecule has 0 bridgehead atoms. The molecule has 23 heavy (non-hydrogen) atoms. The summed E-state index contributed by atoms with van der Waals surface area (Å²) in [7, 11) is 4.31. The van der Waals surface area contributed by atoms with Crippen molar-refractivity contribution in [2.75, 3.05) is 32.5 Å². The Bertz CT molecular complexity index is 724. The van der Waals surface area contributed by atoms with Crippen LogP contribution in [-0.4, -0.2) is 37.1 Å². The van der Waals surface area contributed by atoms with Gasteiger partial charge < -0.3 is 10.2 Å². The van der Waals surface area contributed by atoms with Crippen molar-refractivity contribution in [3.63, 3.8) is 0 Å². The minimum Gasteiger partial charge on any atom is -0.369 e. The van der Waals surface area contributed by atoms with Crippen LogP contribution in [0.3, 0.4) is 0 Å². The van der Waals surface area contributed by atoms with Crippen molar-refractivity contribution >= 4 is 16.7 Å². The Labute approximate surface area is 138 Å². The molecule has 1 heterocycles. The highest BCUT2D eigenvalue weighted by atomic mass is 15.1. The summed E-state index contributed by atoms with van der Waals surface area (Å²) in [5.41, 5.74) is 1.98. The number of hydrogen-bond acceptors (Lipinski definition) is 4. The van der Waals surface area contributed by atoms with Gasteiger partial charge in [-0.2, -0.15) is 5.26 Å². The largest absolute Gasteiger partial charge is 0.369 e. The van der Waals surface area contributed by atoms with Crippen LogP contribution in [0.1, 0.15) is 31.2 Å². The first kappa shape index (κ1) is 15.8. The van der Waals surface area contributed by atoms with Gasteiger partial charge in [0, 0.05) is 23.9 Å². The van der Waals surface area contributed by atoms with Gasteiger partial charge in [0.15, 0.2) is 0 Å². The molecule has 0 amide bonds. The molecule has 0 aliphatic heterocycles. The summed E-state index contributed by atoms with van der Waals surface area (Å²) in [5, 5.41) is 13.5. The quantitative estimate of drug-likeness (QED) is 0.916. The third kappa shape index (κ3) is 3.62. The Morgan fingerprint density at radius 1 is 1.22 bits per heavy atom. The standard InChI is InChI=1S/C19H24N4/c1-23(2)14-19(9-3-4-10-19)13-21-18-8-6-16-11-15(12-20)5-7-17(16)22-18/h5-8,11H,3-4,9-10,13-14H2,1-2H3,(H,21,22). The van der Waals surface area contributed by atoms with E-state index in [1.54, 1.807) is 0 Å². The molecule has 1 aromatic carbocycles. The second kappa shape index (κ2) is 6.55. The van der Waals surface area contributed by atoms with E-state index in [4.69, 9.17) is 5.26 Å². The monoisotopic (exact) mass is 308 g/mol. The van der Waals surface area contributed by atoms with Crippen LogP contribution in [0.5, 0.6) is 0 Å². The van der Waals surface area contributed by atoms with Crippen LogP contribution < -0.4 is 5.32 Å². The molecule has 120 valence electrons. The van der Waals surface area contributed by atoms with E-state index >= 15 is 0 Å². The molecule has 2 aromatic rings. The molecule has 4 nitrogen and oxygen atoms in total. The van der Waals surface area contributed by atoms with Crippen molar-refractivity contribution in [2.24, 2.45) is 5.41 Å². The zero-order valence-corrected chi connectivity index (χ0v) is 14.0. The summed E-state index contributed by atoms with van der Waals surface area (Å²) in [5.74, 6) is 0.923. The van der Waals surface area contributed by atoms with Crippen LogP contribution >= 0.6 is 0 Å². The lowest BCUT2D eigenvalue weighted by atomic mass is 9.85. The molecular weight excluding hydrogens is 284 g/mol. The number of fused-ring (bicyclic) bond motifs is 1. The van der Waals surface area contributed by atoms with Gasteiger partial charge in [0.25, 0.3) is 0 Å². The Hall–Kier alpha value is -2.12. The maximum atomic E-state index is 8.97. The molecule has 1 aliphatic rings. The molecule has 1 fully saturated rings. The van der Waals surface area contributed by atoms with Crippen molar-refractivity contribution in [3.8, 4) is 6.07 Å². The fourth-order valence-corrected chi connectivity index (χ4v) is 3.76. The lowest BCUT2D eigenvalue weighted by Gasteiger charge is -2.32. The fraction of sp³-hybridized carbons (Fsp3) is 0.474. The van der Waals surface area contributed by atoms with Gasteiger partial charge >= 0.3 is 0 Å². The smallest absolute Gasteiger partial charge is 0.126 e. The zero-order chi connectivity index (χ0) is 16.3. The number of aromatic nitrogens is 1. The number of rotatable bonds is 5. The van der Waals surface area contributed by atoms with Gasteiger partial charge in [0.05, 0.1) is 17.1 Å². The SMILES string of the molecule is CN(C)CC1(CNc2ccc3cc(C#N)ccc3n2)CCCC1. The van der Waals surface area contributed by atoms with Crippen molar-refractivity contribution in [2.45, 2.75) is 25.7 Å². The molecule has 1 aromatic heterocycles. The number of benzene rings is 1. The van der Waals surface area contributed by atoms with E-state index in [9.17, 15) is 0 Å². The van der Waals surface area contributed by atoms with Crippen LogP contribution in [-0.2, 0) is 0 Å². The first-order valence-corrected chi connectivity index (χ1v) is 8.30. The van der Waals surface area contributed by atoms with Gasteiger partial charge in [-0.25, -0.2) is 4.98 Å². The van der Waals surface area contributed by atoms with Crippen LogP contribution in [0.2, 0.25) is 0 Å². The van der Waals surface area contributed by atoms with Crippen LogP contribution in [0.25, 0.3) is 10.9 Å². The van der Waals surface area contributed by atoms with E-state index in [2.05, 4.69) is 35.4 Å². The summed E-state index contributed by atoms with van der Waals surface area (Å²) < 4.78 is 0. The minimum atomic E-state index is 0.366. The average molecular weight is 308 g/mol. The number of nitriles is 1. The molecular formula is C19H24N4. The summed E-state index contributed by atoms with van der Waals surface area (Å²) in [4.78, 5) is 6.98. The molecule has 1 aliphatic carbocycles. The van der Waals surface area contributed by atoms with Crippen molar-refractivity contribution < 1.29 is 0 Å². The molecule has 0 unspecified atom stereocenters. The molecule has 1 N–H and O–H groups in total. The van der Waals surface area contributed by atoms with E-state index in [0.29, 0.717) is 11.0 Å². The van der Waals surface area contributed by atoms with E-state index in [1.165, 1.54) is 25.7 Å². The van der Waals surface area contributed by atoms with Crippen LogP contribution in [0.4, 0.5) is 5.82 Å². The van der Waals surface area contributed by atoms with Crippen LogP contribution in [0.15, 0.2) is 30.3 Å². The second-order valence-electron chi connectivity index (χ2n) is 7.01. The maximum Gasteiger partial charge on any atom is 0.126 e. The Morgan fingerprint density at radius 3 is 2.70 bits per heavy atom. The molecule has 0 atom stereocenters. The molecule has 3 rings (SSSR count). The number of nitrogens with one attached hydrogen (secondary N) is 1. The predicted molar refractivity (Wildman–Crippen MR) is 94.4 cm³/mol. The minimum absolute atomic E-state index is 0.366. The number of pyridine rings is 1. The summed E-state index contributed by atoms with van der Waals surface area (Å²) in [6.07, 6.45) is 5.24. The van der Waals surface area contributed by atoms with Crippen LogP contribution in [0, 0.1) is 16.7 Å². The number of nitrogens with zero attached hydrogens (tertiary/aromatic N) is 3. The van der Waals surface area contributed by atoms with Gasteiger partial charge in [-0.3, -0.25) is 0 Å². The Morgan fingerprint density at radius 2 is 2.00 bits per heavy atom. The Balaban J connectivity index is 1.75. The highest BCUT2D eigenvalue weighted by molar-refractivity contribution is 5.81. The summed E-state index contributed by atoms with van der Waals surface area (Å²) >= 11 is 0. The predicted octanol–water partition coefficient (Wildman–Crippen LogP) is 3.64. The molecule has 0 radical (unpaired) electrons. The van der Waals surface area contributed by atoms with Gasteiger partial charge in [0.1, 0.15) is 5.82 Å². The van der Waals surface area contributed by atoms with E-state index < -0.39 is 0 Å². The van der Waals surface area contributed by atoms with Gasteiger partial charge in [-0.15, -0.1) is 0 Å². The first-order valence-electron chi connectivity index (χ1n) is 8.30. The average Bonchev–Trinajstić information content (AvgIpc) is 3.00. The second-order valence-corrected chi connectivity index (χ2v) is 7.01. The van der Waals surface area contributed by atoms with Gasteiger partial charge in [-0.05, 0) is 57.3 Å². The maximum absolute atomic E-state index is 8.97. The third-order valence-corrected chi connectivity index (χ3v) is 4.78. The molecule has 0 saturated heterocycles. The highest BCUT2D eigenvalue weighted by Crippen LogP contribution is 2.38. The molecule has 4 heteroatoms. The van der Waals surface area contributed by atoms with Crippen molar-refractivity contribution in [3.05, 3.63) is 35.9 Å². The number of hydrogen-bond donors (Lipinski definition) is 1. The summed E-state index contributed by atoms with van der Waals surface area (Å²) in [6.45, 7) is 2.10. The highest BCUT2D eigenvalue weighted by Gasteiger charge is 2.34. The molecule has 1 saturated carbocycles. The third-order valence-electron chi connectivity index (χ3n) is 4.78. The van der Waals surface area contributed by atoms with Crippen molar-refractivity contribution in [1.82, 2.24) is 9.88 Å². The van der Waals surface area contributed by atoms with E-state index in [0.717, 1.165) is 29.8 Å². The van der Waals surface area contributed by atoms with E-state index in [1.807, 2.05) is 30.3 Å². The Kier molecular flexibility index (Phi) is 4.49. The first-order chi connectivity index (χ1) is 11.1. The van der Waals surface area contributed by atoms with Gasteiger partial charge in [0.2, 0.25) is 0 Å². The van der Waals surface area contributed by atoms with Crippen molar-refractivity contribution in [1.29, 1.82) is 5.26 Å². The lowest BCUT2D eigenvalue weighted by molar-refractivity contribution is 0.215. The number of anilines is 1. The normalized spacial score (nSPS) is 16.6. The van der Waals surface area contributed by atoms with Gasteiger partial charge in [-0.1, -0.05) is 12.8 Å². The topological polar surface area (TPSA) is 52.0 Å². The summed E-state index contributed by atoms with van der Waals surface area (Å²) in [6, 6.07) is 11.9. The van der Waals surface area contributed by atoms with E-state index in [-0.39, 0.29) is 0 Å². The fourth-order valence-electron chi connectivity index (χ4n) is 3.76.